The maximum Gasteiger partial charge on any atom is 0.200 e. The third-order valence-corrected chi connectivity index (χ3v) is 6.55. The lowest BCUT2D eigenvalue weighted by molar-refractivity contribution is 0.381. The summed E-state index contributed by atoms with van der Waals surface area (Å²) in [6, 6.07) is 4.22. The molecule has 0 radical (unpaired) electrons. The number of unbranched alkanes of at least 4 members (excludes halogenated alkanes) is 1. The van der Waals surface area contributed by atoms with Gasteiger partial charge in [-0.05, 0) is 30.7 Å². The van der Waals surface area contributed by atoms with Gasteiger partial charge in [-0.2, -0.15) is 0 Å². The largest absolute Gasteiger partial charge is 0.206 e. The van der Waals surface area contributed by atoms with Gasteiger partial charge in [-0.3, -0.25) is 0 Å². The number of benzene rings is 2. The van der Waals surface area contributed by atoms with Crippen molar-refractivity contribution in [3.05, 3.63) is 59.2 Å². The average molecular weight is 464 g/mol. The fraction of sp³-hybridized carbons (Fsp3) is 0.500. The highest BCUT2D eigenvalue weighted by Gasteiger charge is 2.27. The number of hydrogen-bond donors (Lipinski definition) is 0. The molecule has 2 rings (SSSR count). The first-order valence-corrected chi connectivity index (χ1v) is 12.2. The fourth-order valence-electron chi connectivity index (χ4n) is 3.16. The first-order chi connectivity index (χ1) is 14.8. The monoisotopic (exact) mass is 464 g/mol. The second-order valence-corrected chi connectivity index (χ2v) is 8.88. The molecule has 2 unspecified atom stereocenters. The third kappa shape index (κ3) is 8.14. The van der Waals surface area contributed by atoms with Gasteiger partial charge in [-0.15, -0.1) is 8.58 Å². The predicted molar refractivity (Wildman–Crippen MR) is 118 cm³/mol. The summed E-state index contributed by atoms with van der Waals surface area (Å²) in [4.78, 5) is 0. The lowest BCUT2D eigenvalue weighted by Gasteiger charge is -2.13. The Kier molecular flexibility index (Phi) is 12.9. The highest BCUT2D eigenvalue weighted by Crippen LogP contribution is 2.32. The van der Waals surface area contributed by atoms with Gasteiger partial charge in [0.25, 0.3) is 0 Å². The lowest BCUT2D eigenvalue weighted by atomic mass is 9.97. The van der Waals surface area contributed by atoms with E-state index >= 15 is 0 Å². The Hall–Kier alpha value is -1.55. The van der Waals surface area contributed by atoms with E-state index in [1.165, 1.54) is 71.6 Å². The molecule has 0 bridgehead atoms. The molecule has 174 valence electrons. The van der Waals surface area contributed by atoms with Crippen molar-refractivity contribution in [1.29, 1.82) is 0 Å². The number of halogens is 6. The molecule has 0 aliphatic carbocycles. The molecule has 7 heteroatoms. The minimum absolute atomic E-state index is 0.690. The Morgan fingerprint density at radius 2 is 1.29 bits per heavy atom. The van der Waals surface area contributed by atoms with Crippen LogP contribution in [-0.2, 0) is 0 Å². The van der Waals surface area contributed by atoms with Crippen LogP contribution in [0.25, 0.3) is 11.1 Å². The minimum atomic E-state index is -2.27. The van der Waals surface area contributed by atoms with Gasteiger partial charge in [0.05, 0.1) is 5.56 Å². The van der Waals surface area contributed by atoms with E-state index in [1.54, 1.807) is 0 Å². The summed E-state index contributed by atoms with van der Waals surface area (Å²) in [6.45, 7) is 6.94. The molecule has 2 atom stereocenters. The van der Waals surface area contributed by atoms with Crippen molar-refractivity contribution in [2.45, 2.75) is 59.3 Å². The standard InChI is InChI=1S/C12H4F6.C12H27P/c13-6-4-2-1-3-5(6)7-8(14)10(16)12(18)11(17)9(7)15;1-4-7-8-12(6-3)9-11-13-10-5-2/h1-4H;12-13H,4-11H2,1-3H3. The van der Waals surface area contributed by atoms with Crippen LogP contribution in [0.3, 0.4) is 0 Å². The smallest absolute Gasteiger partial charge is 0.200 e. The van der Waals surface area contributed by atoms with E-state index in [2.05, 4.69) is 20.8 Å². The Labute approximate surface area is 183 Å². The lowest BCUT2D eigenvalue weighted by Crippen LogP contribution is -2.04. The zero-order valence-electron chi connectivity index (χ0n) is 18.3. The van der Waals surface area contributed by atoms with E-state index in [0.29, 0.717) is 0 Å². The molecule has 0 spiro atoms. The van der Waals surface area contributed by atoms with E-state index in [1.807, 2.05) is 0 Å². The second-order valence-electron chi connectivity index (χ2n) is 7.38. The van der Waals surface area contributed by atoms with Gasteiger partial charge in [-0.1, -0.05) is 71.1 Å². The molecule has 0 aromatic heterocycles. The molecule has 0 saturated carbocycles. The van der Waals surface area contributed by atoms with Gasteiger partial charge < -0.3 is 0 Å². The highest BCUT2D eigenvalue weighted by atomic mass is 31.1. The fourth-order valence-corrected chi connectivity index (χ4v) is 4.37. The van der Waals surface area contributed by atoms with Crippen LogP contribution >= 0.6 is 8.58 Å². The molecule has 0 aliphatic rings. The van der Waals surface area contributed by atoms with Crippen molar-refractivity contribution in [2.24, 2.45) is 5.92 Å². The zero-order chi connectivity index (χ0) is 23.4. The van der Waals surface area contributed by atoms with Crippen molar-refractivity contribution in [2.75, 3.05) is 12.3 Å². The van der Waals surface area contributed by atoms with Gasteiger partial charge in [0.15, 0.2) is 23.3 Å². The van der Waals surface area contributed by atoms with Crippen LogP contribution in [-0.4, -0.2) is 12.3 Å². The maximum absolute atomic E-state index is 13.4. The van der Waals surface area contributed by atoms with Crippen LogP contribution in [0, 0.1) is 40.8 Å². The summed E-state index contributed by atoms with van der Waals surface area (Å²) in [5.41, 5.74) is -1.96. The zero-order valence-corrected chi connectivity index (χ0v) is 19.3. The minimum Gasteiger partial charge on any atom is -0.206 e. The Balaban J connectivity index is 0.000000330. The second kappa shape index (κ2) is 14.5. The molecule has 0 aliphatic heterocycles. The quantitative estimate of drug-likeness (QED) is 0.108. The molecule has 0 N–H and O–H groups in total. The van der Waals surface area contributed by atoms with Gasteiger partial charge in [-0.25, -0.2) is 26.3 Å². The summed E-state index contributed by atoms with van der Waals surface area (Å²) < 4.78 is 78.8. The molecule has 2 aromatic carbocycles. The summed E-state index contributed by atoms with van der Waals surface area (Å²) in [5.74, 6) is -10.7. The van der Waals surface area contributed by atoms with Crippen LogP contribution in [0.4, 0.5) is 26.3 Å². The van der Waals surface area contributed by atoms with E-state index in [4.69, 9.17) is 0 Å². The summed E-state index contributed by atoms with van der Waals surface area (Å²) in [6.07, 6.45) is 11.5. The number of hydrogen-bond acceptors (Lipinski definition) is 0. The van der Waals surface area contributed by atoms with Crippen molar-refractivity contribution in [3.8, 4) is 11.1 Å². The van der Waals surface area contributed by atoms with Crippen molar-refractivity contribution in [3.63, 3.8) is 0 Å². The molecule has 0 saturated heterocycles. The maximum atomic E-state index is 13.4. The van der Waals surface area contributed by atoms with E-state index < -0.39 is 46.0 Å². The van der Waals surface area contributed by atoms with E-state index in [9.17, 15) is 26.3 Å². The van der Waals surface area contributed by atoms with Gasteiger partial charge in [0, 0.05) is 5.56 Å². The number of rotatable bonds is 10. The van der Waals surface area contributed by atoms with Gasteiger partial charge in [0.1, 0.15) is 5.82 Å². The van der Waals surface area contributed by atoms with Crippen LogP contribution in [0.15, 0.2) is 24.3 Å². The summed E-state index contributed by atoms with van der Waals surface area (Å²) >= 11 is 0. The van der Waals surface area contributed by atoms with Crippen molar-refractivity contribution >= 4 is 8.58 Å². The first kappa shape index (κ1) is 27.5. The molecular formula is C24H31F6P. The SMILES string of the molecule is CCCCC(CC)CCPCCC.Fc1ccccc1-c1c(F)c(F)c(F)c(F)c1F. The molecule has 0 amide bonds. The Bertz CT molecular complexity index is 780. The van der Waals surface area contributed by atoms with Crippen LogP contribution in [0.5, 0.6) is 0 Å². The van der Waals surface area contributed by atoms with Gasteiger partial charge >= 0.3 is 0 Å². The molecule has 0 heterocycles. The van der Waals surface area contributed by atoms with E-state index in [0.717, 1.165) is 18.1 Å². The van der Waals surface area contributed by atoms with Crippen LogP contribution < -0.4 is 0 Å². The predicted octanol–water partition coefficient (Wildman–Crippen LogP) is 8.87. The Morgan fingerprint density at radius 3 is 1.81 bits per heavy atom. The topological polar surface area (TPSA) is 0 Å². The third-order valence-electron chi connectivity index (χ3n) is 5.05. The molecule has 31 heavy (non-hydrogen) atoms. The summed E-state index contributed by atoms with van der Waals surface area (Å²) in [7, 11) is 1.23. The van der Waals surface area contributed by atoms with Gasteiger partial charge in [0.2, 0.25) is 5.82 Å². The first-order valence-electron chi connectivity index (χ1n) is 10.8. The summed E-state index contributed by atoms with van der Waals surface area (Å²) in [5, 5.41) is 0. The molecule has 2 aromatic rings. The molecular weight excluding hydrogens is 433 g/mol. The molecule has 0 fully saturated rings. The normalized spacial score (nSPS) is 12.2. The highest BCUT2D eigenvalue weighted by molar-refractivity contribution is 7.37. The average Bonchev–Trinajstić information content (AvgIpc) is 2.78. The van der Waals surface area contributed by atoms with E-state index in [-0.39, 0.29) is 0 Å². The molecule has 0 nitrogen and oxygen atoms in total. The van der Waals surface area contributed by atoms with Crippen molar-refractivity contribution in [1.82, 2.24) is 0 Å². The van der Waals surface area contributed by atoms with Crippen LogP contribution in [0.1, 0.15) is 59.3 Å². The Morgan fingerprint density at radius 1 is 0.710 bits per heavy atom. The van der Waals surface area contributed by atoms with Crippen LogP contribution in [0.2, 0.25) is 0 Å². The van der Waals surface area contributed by atoms with Crippen molar-refractivity contribution < 1.29 is 26.3 Å².